The van der Waals surface area contributed by atoms with Crippen LogP contribution in [0.4, 0.5) is 17.1 Å². The molecule has 0 aliphatic heterocycles. The summed E-state index contributed by atoms with van der Waals surface area (Å²) in [5.74, 6) is 0.352. The summed E-state index contributed by atoms with van der Waals surface area (Å²) in [5, 5.41) is 3.58. The van der Waals surface area contributed by atoms with E-state index in [-0.39, 0.29) is 0 Å². The molecule has 3 heteroatoms. The van der Waals surface area contributed by atoms with Crippen molar-refractivity contribution in [3.8, 4) is 16.8 Å². The van der Waals surface area contributed by atoms with Gasteiger partial charge in [-0.15, -0.1) is 0 Å². The third kappa shape index (κ3) is 5.68. The second-order valence-electron chi connectivity index (χ2n) is 17.7. The second-order valence-corrected chi connectivity index (χ2v) is 17.7. The maximum Gasteiger partial charge on any atom is 0.137 e. The van der Waals surface area contributed by atoms with Gasteiger partial charge in [0.15, 0.2) is 0 Å². The van der Waals surface area contributed by atoms with E-state index in [4.69, 9.17) is 4.42 Å². The van der Waals surface area contributed by atoms with Crippen LogP contribution >= 0.6 is 0 Å². The molecule has 0 N–H and O–H groups in total. The minimum absolute atomic E-state index is 0.352. The van der Waals surface area contributed by atoms with Crippen LogP contribution in [0.5, 0.6) is 0 Å². The Morgan fingerprint density at radius 2 is 1.05 bits per heavy atom. The van der Waals surface area contributed by atoms with E-state index in [1.807, 2.05) is 6.07 Å². The van der Waals surface area contributed by atoms with Gasteiger partial charge in [-0.25, -0.2) is 0 Å². The van der Waals surface area contributed by atoms with Crippen LogP contribution in [0.15, 0.2) is 229 Å². The summed E-state index contributed by atoms with van der Waals surface area (Å²) in [4.78, 5) is 2.37. The average molecular weight is 833 g/mol. The van der Waals surface area contributed by atoms with Gasteiger partial charge < -0.3 is 13.9 Å². The number of nitrogens with zero attached hydrogens (tertiary/aromatic N) is 2. The molecule has 2 aliphatic rings. The first-order valence-electron chi connectivity index (χ1n) is 22.7. The highest BCUT2D eigenvalue weighted by Crippen LogP contribution is 2.56. The summed E-state index contributed by atoms with van der Waals surface area (Å²) in [6.45, 7) is 2.37. The number of aromatic nitrogens is 1. The van der Waals surface area contributed by atoms with Gasteiger partial charge in [0.05, 0.1) is 16.6 Å². The second kappa shape index (κ2) is 14.7. The Morgan fingerprint density at radius 1 is 0.492 bits per heavy atom. The summed E-state index contributed by atoms with van der Waals surface area (Å²) < 4.78 is 8.94. The van der Waals surface area contributed by atoms with Crippen molar-refractivity contribution in [2.75, 3.05) is 4.90 Å². The highest BCUT2D eigenvalue weighted by molar-refractivity contribution is 6.06. The van der Waals surface area contributed by atoms with Crippen LogP contribution in [0.1, 0.15) is 46.0 Å². The molecule has 2 aromatic heterocycles. The van der Waals surface area contributed by atoms with E-state index in [1.54, 1.807) is 0 Å². The van der Waals surface area contributed by atoms with Crippen LogP contribution in [0.3, 0.4) is 0 Å². The number of anilines is 3. The summed E-state index contributed by atoms with van der Waals surface area (Å²) in [6, 6.07) is 82.0. The lowest BCUT2D eigenvalue weighted by atomic mass is 9.68. The Morgan fingerprint density at radius 3 is 1.77 bits per heavy atom. The molecule has 3 nitrogen and oxygen atoms in total. The van der Waals surface area contributed by atoms with E-state index in [2.05, 4.69) is 241 Å². The Labute approximate surface area is 378 Å². The molecule has 13 rings (SSSR count). The quantitative estimate of drug-likeness (QED) is 0.160. The summed E-state index contributed by atoms with van der Waals surface area (Å²) in [5.41, 5.74) is 19.9. The van der Waals surface area contributed by atoms with E-state index in [0.29, 0.717) is 5.92 Å². The van der Waals surface area contributed by atoms with Crippen LogP contribution in [0.25, 0.3) is 61.3 Å². The number of fused-ring (bicyclic) bond motifs is 9. The molecule has 2 aliphatic carbocycles. The first-order valence-corrected chi connectivity index (χ1v) is 22.7. The van der Waals surface area contributed by atoms with Crippen LogP contribution in [-0.4, -0.2) is 4.57 Å². The minimum Gasteiger partial charge on any atom is -0.456 e. The van der Waals surface area contributed by atoms with Gasteiger partial charge in [0.25, 0.3) is 0 Å². The Kier molecular flexibility index (Phi) is 8.48. The Bertz CT molecular complexity index is 3590. The number of rotatable bonds is 7. The molecule has 11 aromatic rings. The Hall–Kier alpha value is -8.14. The van der Waals surface area contributed by atoms with Crippen LogP contribution in [0, 0.1) is 5.92 Å². The van der Waals surface area contributed by atoms with Gasteiger partial charge in [0.2, 0.25) is 0 Å². The van der Waals surface area contributed by atoms with E-state index in [1.165, 1.54) is 72.4 Å². The number of allylic oxidation sites excluding steroid dienone is 1. The molecule has 1 unspecified atom stereocenters. The molecular weight excluding hydrogens is 789 g/mol. The van der Waals surface area contributed by atoms with Crippen LogP contribution < -0.4 is 4.90 Å². The number of hydrogen-bond donors (Lipinski definition) is 0. The molecule has 9 aromatic carbocycles. The standard InChI is InChI=1S/C62H44N2O/c1-41-38-55-51-22-10-14-26-58(51)64(45-18-6-3-7-19-45)59(55)40-54(41)42-28-32-46(33-29-42)63(48-36-37-53-52-23-11-15-27-60(52)65-61(53)39-48)47-34-30-44(31-35-47)62(43-16-4-2-5-17-43)56-24-12-8-20-49(56)50-21-9-13-25-57(50)62/h2-37,39-41H,38H2,1H3. The van der Waals surface area contributed by atoms with Gasteiger partial charge in [-0.2, -0.15) is 0 Å². The monoisotopic (exact) mass is 832 g/mol. The normalized spacial score (nSPS) is 14.8. The third-order valence-electron chi connectivity index (χ3n) is 14.2. The molecule has 0 saturated heterocycles. The zero-order valence-corrected chi connectivity index (χ0v) is 36.0. The van der Waals surface area contributed by atoms with E-state index >= 15 is 0 Å². The van der Waals surface area contributed by atoms with Crippen molar-refractivity contribution < 1.29 is 4.42 Å². The minimum atomic E-state index is -0.469. The lowest BCUT2D eigenvalue weighted by molar-refractivity contribution is 0.669. The smallest absolute Gasteiger partial charge is 0.137 e. The first kappa shape index (κ1) is 37.4. The fourth-order valence-corrected chi connectivity index (χ4v) is 11.3. The average Bonchev–Trinajstić information content (AvgIpc) is 4.01. The van der Waals surface area contributed by atoms with Crippen molar-refractivity contribution in [3.05, 3.63) is 264 Å². The fourth-order valence-electron chi connectivity index (χ4n) is 11.3. The maximum atomic E-state index is 6.50. The van der Waals surface area contributed by atoms with Gasteiger partial charge in [-0.05, 0) is 129 Å². The summed E-state index contributed by atoms with van der Waals surface area (Å²) in [6.07, 6.45) is 3.43. The van der Waals surface area contributed by atoms with E-state index < -0.39 is 5.41 Å². The topological polar surface area (TPSA) is 21.3 Å². The summed E-state index contributed by atoms with van der Waals surface area (Å²) >= 11 is 0. The lowest BCUT2D eigenvalue weighted by Crippen LogP contribution is -2.28. The SMILES string of the molecule is CC1Cc2c(n(-c3ccccc3)c3ccccc23)C=C1c1ccc(N(c2ccc(C3(c4ccccc4)c4ccccc4-c4ccccc43)cc2)c2ccc3c(c2)oc2ccccc23)cc1. The number of furan rings is 1. The molecule has 0 radical (unpaired) electrons. The number of para-hydroxylation sites is 3. The van der Waals surface area contributed by atoms with Gasteiger partial charge >= 0.3 is 0 Å². The largest absolute Gasteiger partial charge is 0.456 e. The maximum absolute atomic E-state index is 6.50. The molecule has 0 saturated carbocycles. The summed E-state index contributed by atoms with van der Waals surface area (Å²) in [7, 11) is 0. The number of hydrogen-bond acceptors (Lipinski definition) is 2. The van der Waals surface area contributed by atoms with Crippen molar-refractivity contribution in [2.24, 2.45) is 5.92 Å². The molecule has 0 amide bonds. The van der Waals surface area contributed by atoms with E-state index in [9.17, 15) is 0 Å². The molecule has 308 valence electrons. The molecular formula is C62H44N2O. The molecule has 0 fully saturated rings. The predicted molar refractivity (Wildman–Crippen MR) is 270 cm³/mol. The molecule has 1 atom stereocenters. The molecule has 2 heterocycles. The van der Waals surface area contributed by atoms with Gasteiger partial charge in [0.1, 0.15) is 11.2 Å². The van der Waals surface area contributed by atoms with Gasteiger partial charge in [0, 0.05) is 45.0 Å². The van der Waals surface area contributed by atoms with E-state index in [0.717, 1.165) is 45.4 Å². The van der Waals surface area contributed by atoms with Crippen molar-refractivity contribution in [1.29, 1.82) is 0 Å². The van der Waals surface area contributed by atoms with Crippen molar-refractivity contribution in [2.45, 2.75) is 18.8 Å². The highest BCUT2D eigenvalue weighted by atomic mass is 16.3. The predicted octanol–water partition coefficient (Wildman–Crippen LogP) is 16.1. The first-order chi connectivity index (χ1) is 32.1. The fraction of sp³-hybridized carbons (Fsp3) is 0.0645. The van der Waals surface area contributed by atoms with Crippen LogP contribution in [-0.2, 0) is 11.8 Å². The molecule has 0 bridgehead atoms. The van der Waals surface area contributed by atoms with Crippen LogP contribution in [0.2, 0.25) is 0 Å². The zero-order valence-electron chi connectivity index (χ0n) is 36.0. The van der Waals surface area contributed by atoms with Gasteiger partial charge in [-0.3, -0.25) is 0 Å². The zero-order chi connectivity index (χ0) is 43.1. The van der Waals surface area contributed by atoms with Crippen molar-refractivity contribution in [3.63, 3.8) is 0 Å². The Balaban J connectivity index is 0.951. The van der Waals surface area contributed by atoms with Crippen molar-refractivity contribution >= 4 is 61.6 Å². The molecule has 0 spiro atoms. The van der Waals surface area contributed by atoms with Crippen molar-refractivity contribution in [1.82, 2.24) is 4.57 Å². The van der Waals surface area contributed by atoms with Gasteiger partial charge in [-0.1, -0.05) is 165 Å². The highest BCUT2D eigenvalue weighted by Gasteiger charge is 2.45. The lowest BCUT2D eigenvalue weighted by Gasteiger charge is -2.34. The number of benzene rings is 9. The third-order valence-corrected chi connectivity index (χ3v) is 14.2. The molecule has 65 heavy (non-hydrogen) atoms.